The molecule has 5 nitrogen and oxygen atoms in total. The zero-order valence-electron chi connectivity index (χ0n) is 13.2. The molecule has 3 aromatic rings. The van der Waals surface area contributed by atoms with E-state index in [4.69, 9.17) is 0 Å². The molecule has 0 fully saturated rings. The lowest BCUT2D eigenvalue weighted by molar-refractivity contribution is -0.116. The highest BCUT2D eigenvalue weighted by molar-refractivity contribution is 5.94. The average molecular weight is 309 g/mol. The summed E-state index contributed by atoms with van der Waals surface area (Å²) in [5.41, 5.74) is 2.31. The molecule has 1 aromatic heterocycles. The molecule has 0 saturated carbocycles. The smallest absolute Gasteiger partial charge is 0.325 e. The molecule has 2 aromatic carbocycles. The quantitative estimate of drug-likeness (QED) is 0.778. The molecule has 0 saturated heterocycles. The molecule has 1 amide bonds. The van der Waals surface area contributed by atoms with E-state index in [-0.39, 0.29) is 18.0 Å². The van der Waals surface area contributed by atoms with Crippen LogP contribution in [-0.4, -0.2) is 15.5 Å². The molecule has 118 valence electrons. The Hall–Kier alpha value is -2.82. The summed E-state index contributed by atoms with van der Waals surface area (Å²) in [5.74, 6) is -0.106. The van der Waals surface area contributed by atoms with Crippen LogP contribution in [-0.2, 0) is 11.3 Å². The van der Waals surface area contributed by atoms with E-state index in [2.05, 4.69) is 10.3 Å². The Morgan fingerprint density at radius 2 is 1.87 bits per heavy atom. The number of H-pyrrole nitrogens is 1. The van der Waals surface area contributed by atoms with Crippen molar-refractivity contribution in [1.29, 1.82) is 0 Å². The summed E-state index contributed by atoms with van der Waals surface area (Å²) in [5, 5.41) is 5.10. The van der Waals surface area contributed by atoms with Gasteiger partial charge in [0.15, 0.2) is 0 Å². The third-order valence-electron chi connectivity index (χ3n) is 4.08. The number of amides is 1. The van der Waals surface area contributed by atoms with Crippen LogP contribution >= 0.6 is 0 Å². The monoisotopic (exact) mass is 309 g/mol. The van der Waals surface area contributed by atoms with Crippen molar-refractivity contribution in [3.63, 3.8) is 0 Å². The van der Waals surface area contributed by atoms with E-state index in [1.165, 1.54) is 0 Å². The third-order valence-corrected chi connectivity index (χ3v) is 4.08. The fourth-order valence-electron chi connectivity index (χ4n) is 2.65. The van der Waals surface area contributed by atoms with Gasteiger partial charge in [-0.3, -0.25) is 9.36 Å². The second-order valence-electron chi connectivity index (χ2n) is 5.65. The maximum Gasteiger partial charge on any atom is 0.325 e. The maximum absolute atomic E-state index is 12.1. The van der Waals surface area contributed by atoms with Crippen LogP contribution in [0.1, 0.15) is 17.8 Å². The average Bonchev–Trinajstić information content (AvgIpc) is 2.78. The number of aromatic amines is 1. The van der Waals surface area contributed by atoms with Gasteiger partial charge in [0.25, 0.3) is 0 Å². The number of fused-ring (bicyclic) bond motifs is 1. The van der Waals surface area contributed by atoms with Crippen LogP contribution in [0.3, 0.4) is 0 Å². The first-order valence-electron chi connectivity index (χ1n) is 7.59. The van der Waals surface area contributed by atoms with Crippen molar-refractivity contribution in [2.24, 2.45) is 0 Å². The number of benzene rings is 2. The van der Waals surface area contributed by atoms with Gasteiger partial charge >= 0.3 is 5.69 Å². The number of rotatable bonds is 4. The predicted molar refractivity (Wildman–Crippen MR) is 91.7 cm³/mol. The summed E-state index contributed by atoms with van der Waals surface area (Å²) >= 11 is 0. The molecule has 0 unspecified atom stereocenters. The Labute approximate surface area is 134 Å². The molecular weight excluding hydrogens is 290 g/mol. The molecule has 0 aliphatic carbocycles. The lowest BCUT2D eigenvalue weighted by Gasteiger charge is -2.08. The van der Waals surface area contributed by atoms with Crippen molar-refractivity contribution in [3.8, 4) is 0 Å². The number of nitrogens with zero attached hydrogens (tertiary/aromatic N) is 1. The van der Waals surface area contributed by atoms with Crippen LogP contribution < -0.4 is 11.0 Å². The van der Waals surface area contributed by atoms with E-state index in [0.29, 0.717) is 6.54 Å². The van der Waals surface area contributed by atoms with Gasteiger partial charge in [-0.15, -0.1) is 0 Å². The van der Waals surface area contributed by atoms with E-state index in [1.807, 2.05) is 56.3 Å². The molecule has 0 atom stereocenters. The van der Waals surface area contributed by atoms with Crippen molar-refractivity contribution < 1.29 is 4.79 Å². The number of nitrogens with one attached hydrogen (secondary N) is 2. The molecule has 1 heterocycles. The number of aryl methyl sites for hydroxylation is 1. The van der Waals surface area contributed by atoms with Crippen LogP contribution in [0.5, 0.6) is 0 Å². The van der Waals surface area contributed by atoms with E-state index in [0.717, 1.165) is 27.8 Å². The SMILES string of the molecule is Cc1[nH]c(=O)n(CCC(=O)Nc2ccc3ccccc3c2)c1C. The minimum absolute atomic E-state index is 0.106. The Kier molecular flexibility index (Phi) is 4.02. The number of hydrogen-bond acceptors (Lipinski definition) is 2. The zero-order chi connectivity index (χ0) is 16.4. The zero-order valence-corrected chi connectivity index (χ0v) is 13.2. The molecule has 0 radical (unpaired) electrons. The number of aromatic nitrogens is 2. The molecular formula is C18H19N3O2. The Bertz CT molecular complexity index is 921. The molecule has 5 heteroatoms. The van der Waals surface area contributed by atoms with Gasteiger partial charge in [0, 0.05) is 30.0 Å². The molecule has 3 rings (SSSR count). The Morgan fingerprint density at radius 3 is 2.57 bits per heavy atom. The number of imidazole rings is 1. The predicted octanol–water partition coefficient (Wildman–Crippen LogP) is 2.98. The maximum atomic E-state index is 12.1. The Morgan fingerprint density at radius 1 is 1.13 bits per heavy atom. The van der Waals surface area contributed by atoms with Crippen LogP contribution in [0, 0.1) is 13.8 Å². The standard InChI is InChI=1S/C18H19N3O2/c1-12-13(2)21(18(23)19-12)10-9-17(22)20-16-8-7-14-5-3-4-6-15(14)11-16/h3-8,11H,9-10H2,1-2H3,(H,19,23)(H,20,22). The minimum Gasteiger partial charge on any atom is -0.326 e. The van der Waals surface area contributed by atoms with Gasteiger partial charge in [-0.25, -0.2) is 4.79 Å². The van der Waals surface area contributed by atoms with E-state index >= 15 is 0 Å². The molecule has 2 N–H and O–H groups in total. The van der Waals surface area contributed by atoms with Gasteiger partial charge < -0.3 is 10.3 Å². The third kappa shape index (κ3) is 3.18. The van der Waals surface area contributed by atoms with Crippen molar-refractivity contribution >= 4 is 22.4 Å². The fourth-order valence-corrected chi connectivity index (χ4v) is 2.65. The van der Waals surface area contributed by atoms with Gasteiger partial charge in [-0.05, 0) is 36.8 Å². The van der Waals surface area contributed by atoms with Gasteiger partial charge in [0.2, 0.25) is 5.91 Å². The van der Waals surface area contributed by atoms with Gasteiger partial charge in [0.1, 0.15) is 0 Å². The lowest BCUT2D eigenvalue weighted by Crippen LogP contribution is -2.22. The highest BCUT2D eigenvalue weighted by Crippen LogP contribution is 2.19. The molecule has 0 aliphatic rings. The number of carbonyl (C=O) groups is 1. The second kappa shape index (κ2) is 6.12. The summed E-state index contributed by atoms with van der Waals surface area (Å²) in [6.45, 7) is 4.09. The first kappa shape index (κ1) is 15.1. The molecule has 23 heavy (non-hydrogen) atoms. The number of anilines is 1. The van der Waals surface area contributed by atoms with Crippen LogP contribution in [0.15, 0.2) is 47.3 Å². The summed E-state index contributed by atoms with van der Waals surface area (Å²) < 4.78 is 1.59. The summed E-state index contributed by atoms with van der Waals surface area (Å²) in [7, 11) is 0. The normalized spacial score (nSPS) is 10.9. The van der Waals surface area contributed by atoms with Crippen molar-refractivity contribution in [2.45, 2.75) is 26.8 Å². The van der Waals surface area contributed by atoms with E-state index in [9.17, 15) is 9.59 Å². The van der Waals surface area contributed by atoms with Crippen LogP contribution in [0.2, 0.25) is 0 Å². The number of hydrogen-bond donors (Lipinski definition) is 2. The van der Waals surface area contributed by atoms with E-state index < -0.39 is 0 Å². The highest BCUT2D eigenvalue weighted by Gasteiger charge is 2.09. The van der Waals surface area contributed by atoms with Gasteiger partial charge in [-0.1, -0.05) is 30.3 Å². The largest absolute Gasteiger partial charge is 0.326 e. The summed E-state index contributed by atoms with van der Waals surface area (Å²) in [6, 6.07) is 13.8. The van der Waals surface area contributed by atoms with Crippen molar-refractivity contribution in [2.75, 3.05) is 5.32 Å². The molecule has 0 spiro atoms. The first-order chi connectivity index (χ1) is 11.0. The van der Waals surface area contributed by atoms with Crippen LogP contribution in [0.4, 0.5) is 5.69 Å². The van der Waals surface area contributed by atoms with Gasteiger partial charge in [0.05, 0.1) is 0 Å². The van der Waals surface area contributed by atoms with E-state index in [1.54, 1.807) is 4.57 Å². The first-order valence-corrected chi connectivity index (χ1v) is 7.59. The molecule has 0 aliphatic heterocycles. The van der Waals surface area contributed by atoms with Crippen molar-refractivity contribution in [3.05, 3.63) is 64.3 Å². The summed E-state index contributed by atoms with van der Waals surface area (Å²) in [4.78, 5) is 26.6. The second-order valence-corrected chi connectivity index (χ2v) is 5.65. The minimum atomic E-state index is -0.168. The highest BCUT2D eigenvalue weighted by atomic mass is 16.2. The van der Waals surface area contributed by atoms with Crippen molar-refractivity contribution in [1.82, 2.24) is 9.55 Å². The lowest BCUT2D eigenvalue weighted by atomic mass is 10.1. The fraction of sp³-hybridized carbons (Fsp3) is 0.222. The molecule has 0 bridgehead atoms. The van der Waals surface area contributed by atoms with Gasteiger partial charge in [-0.2, -0.15) is 0 Å². The Balaban J connectivity index is 1.67. The van der Waals surface area contributed by atoms with Crippen LogP contribution in [0.25, 0.3) is 10.8 Å². The summed E-state index contributed by atoms with van der Waals surface area (Å²) in [6.07, 6.45) is 0.255. The number of carbonyl (C=O) groups excluding carboxylic acids is 1. The topological polar surface area (TPSA) is 66.9 Å².